The smallest absolute Gasteiger partial charge is 0.432 e. The molecule has 60 heavy (non-hydrogen) atoms. The standard InChI is InChI=1S/C45H56O15/c1-21-24(4)30(10)37(31(11)25(21)5)40(46)55-58-43(49)52-18-16-36(20-54-45(51)60-57-42(48)39-34(14)28(8)23(3)29(9)35(39)15)17-19-53-44(50)59-56-41(47)38-32(12)26(6)22(2)27(7)33(38)13/h36H,16-20H2,1-15H3. The number of hydrogen-bond donors (Lipinski definition) is 0. The first kappa shape index (κ1) is 48.3. The van der Waals surface area contributed by atoms with E-state index in [0.29, 0.717) is 33.4 Å². The lowest BCUT2D eigenvalue weighted by atomic mass is 9.90. The summed E-state index contributed by atoms with van der Waals surface area (Å²) in [5.74, 6) is -3.30. The Labute approximate surface area is 350 Å². The van der Waals surface area contributed by atoms with Gasteiger partial charge >= 0.3 is 36.4 Å². The molecule has 0 spiro atoms. The third kappa shape index (κ3) is 11.1. The molecule has 0 atom stereocenters. The molecule has 0 N–H and O–H groups in total. The maximum Gasteiger partial charge on any atom is 0.549 e. The zero-order chi connectivity index (χ0) is 45.3. The summed E-state index contributed by atoms with van der Waals surface area (Å²) in [6.45, 7) is 26.7. The highest BCUT2D eigenvalue weighted by atomic mass is 17.2. The number of hydrogen-bond acceptors (Lipinski definition) is 15. The zero-order valence-electron chi connectivity index (χ0n) is 37.2. The molecule has 0 fully saturated rings. The Morgan fingerprint density at radius 2 is 0.533 bits per heavy atom. The van der Waals surface area contributed by atoms with Gasteiger partial charge in [0.25, 0.3) is 0 Å². The fourth-order valence-corrected chi connectivity index (χ4v) is 6.95. The second-order valence-electron chi connectivity index (χ2n) is 15.1. The molecule has 0 saturated heterocycles. The Morgan fingerprint density at radius 3 is 0.783 bits per heavy atom. The van der Waals surface area contributed by atoms with Crippen molar-refractivity contribution in [1.82, 2.24) is 0 Å². The Hall–Kier alpha value is -6.12. The van der Waals surface area contributed by atoms with Gasteiger partial charge in [0.15, 0.2) is 0 Å². The summed E-state index contributed by atoms with van der Waals surface area (Å²) in [7, 11) is 0. The molecule has 3 aromatic rings. The van der Waals surface area contributed by atoms with Gasteiger partial charge in [-0.2, -0.15) is 14.4 Å². The van der Waals surface area contributed by atoms with Crippen LogP contribution in [0.4, 0.5) is 14.4 Å². The largest absolute Gasteiger partial charge is 0.549 e. The molecule has 0 saturated carbocycles. The molecule has 3 aromatic carbocycles. The predicted molar refractivity (Wildman–Crippen MR) is 217 cm³/mol. The number of rotatable bonds is 11. The van der Waals surface area contributed by atoms with E-state index in [9.17, 15) is 28.8 Å². The van der Waals surface area contributed by atoms with Crippen molar-refractivity contribution < 1.29 is 72.3 Å². The predicted octanol–water partition coefficient (Wildman–Crippen LogP) is 9.78. The van der Waals surface area contributed by atoms with Gasteiger partial charge in [-0.05, 0) is 206 Å². The molecule has 0 aromatic heterocycles. The highest BCUT2D eigenvalue weighted by molar-refractivity contribution is 5.95. The van der Waals surface area contributed by atoms with E-state index in [1.807, 2.05) is 62.3 Å². The highest BCUT2D eigenvalue weighted by Gasteiger charge is 2.26. The fourth-order valence-electron chi connectivity index (χ4n) is 6.95. The van der Waals surface area contributed by atoms with Crippen molar-refractivity contribution in [3.63, 3.8) is 0 Å². The van der Waals surface area contributed by atoms with E-state index in [0.717, 1.165) is 50.1 Å². The van der Waals surface area contributed by atoms with Crippen molar-refractivity contribution in [3.05, 3.63) is 100 Å². The molecular formula is C45H56O15. The zero-order valence-corrected chi connectivity index (χ0v) is 37.2. The van der Waals surface area contributed by atoms with E-state index in [4.69, 9.17) is 28.9 Å². The van der Waals surface area contributed by atoms with E-state index >= 15 is 0 Å². The fraction of sp³-hybridized carbons (Fsp3) is 0.467. The normalized spacial score (nSPS) is 10.8. The van der Waals surface area contributed by atoms with Gasteiger partial charge in [-0.1, -0.05) is 0 Å². The maximum absolute atomic E-state index is 12.9. The van der Waals surface area contributed by atoms with Crippen molar-refractivity contribution in [1.29, 1.82) is 0 Å². The quantitative estimate of drug-likeness (QED) is 0.0768. The van der Waals surface area contributed by atoms with Crippen LogP contribution in [0.1, 0.15) is 127 Å². The molecule has 0 radical (unpaired) electrons. The first-order valence-electron chi connectivity index (χ1n) is 19.4. The van der Waals surface area contributed by atoms with Crippen LogP contribution in [0.2, 0.25) is 0 Å². The topological polar surface area (TPSA) is 185 Å². The molecule has 0 aliphatic heterocycles. The lowest BCUT2D eigenvalue weighted by Gasteiger charge is -2.18. The average Bonchev–Trinajstić information content (AvgIpc) is 3.21. The molecule has 3 rings (SSSR count). The second kappa shape index (κ2) is 20.7. The van der Waals surface area contributed by atoms with E-state index in [-0.39, 0.29) is 49.4 Å². The van der Waals surface area contributed by atoms with Crippen LogP contribution in [0, 0.1) is 110 Å². The lowest BCUT2D eigenvalue weighted by Crippen LogP contribution is -2.22. The minimum atomic E-state index is -1.34. The molecule has 15 nitrogen and oxygen atoms in total. The molecule has 15 heteroatoms. The Bertz CT molecular complexity index is 2010. The third-order valence-electron chi connectivity index (χ3n) is 12.1. The Kier molecular flexibility index (Phi) is 16.7. The van der Waals surface area contributed by atoms with Crippen molar-refractivity contribution in [2.24, 2.45) is 5.92 Å². The van der Waals surface area contributed by atoms with E-state index in [1.165, 1.54) is 0 Å². The number of carbonyl (C=O) groups is 6. The van der Waals surface area contributed by atoms with Gasteiger partial charge in [0.2, 0.25) is 0 Å². The number of carbonyl (C=O) groups excluding carboxylic acids is 6. The van der Waals surface area contributed by atoms with Crippen LogP contribution in [0.25, 0.3) is 0 Å². The Morgan fingerprint density at radius 1 is 0.317 bits per heavy atom. The SMILES string of the molecule is Cc1c(C)c(C)c(C(=O)OOC(=O)OCCC(CCOC(=O)OOC(=O)c2c(C)c(C)c(C)c(C)c2C)COC(=O)OOC(=O)c2c(C)c(C)c(C)c(C)c2C)c(C)c1C. The van der Waals surface area contributed by atoms with Gasteiger partial charge in [0.1, 0.15) is 0 Å². The summed E-state index contributed by atoms with van der Waals surface area (Å²) in [5, 5.41) is 0. The summed E-state index contributed by atoms with van der Waals surface area (Å²) in [5.41, 5.74) is 13.4. The maximum atomic E-state index is 12.9. The summed E-state index contributed by atoms with van der Waals surface area (Å²) in [6, 6.07) is 0. The first-order chi connectivity index (χ1) is 28.0. The van der Waals surface area contributed by atoms with Crippen LogP contribution in [0.3, 0.4) is 0 Å². The third-order valence-corrected chi connectivity index (χ3v) is 12.1. The van der Waals surface area contributed by atoms with Crippen LogP contribution >= 0.6 is 0 Å². The first-order valence-corrected chi connectivity index (χ1v) is 19.4. The average molecular weight is 837 g/mol. The molecule has 0 aliphatic carbocycles. The van der Waals surface area contributed by atoms with Crippen molar-refractivity contribution in [3.8, 4) is 0 Å². The molecule has 0 heterocycles. The van der Waals surface area contributed by atoms with Gasteiger partial charge in [-0.3, -0.25) is 0 Å². The molecule has 0 unspecified atom stereocenters. The summed E-state index contributed by atoms with van der Waals surface area (Å²) < 4.78 is 15.3. The monoisotopic (exact) mass is 836 g/mol. The second-order valence-corrected chi connectivity index (χ2v) is 15.1. The Balaban J connectivity index is 1.61. The van der Waals surface area contributed by atoms with Gasteiger partial charge in [-0.15, -0.1) is 0 Å². The van der Waals surface area contributed by atoms with Gasteiger partial charge < -0.3 is 14.2 Å². The number of benzene rings is 3. The van der Waals surface area contributed by atoms with Crippen LogP contribution < -0.4 is 0 Å². The van der Waals surface area contributed by atoms with E-state index in [2.05, 4.69) is 14.7 Å². The lowest BCUT2D eigenvalue weighted by molar-refractivity contribution is -0.206. The minimum Gasteiger partial charge on any atom is -0.432 e. The van der Waals surface area contributed by atoms with Gasteiger partial charge in [0, 0.05) is 0 Å². The van der Waals surface area contributed by atoms with Crippen molar-refractivity contribution >= 4 is 36.4 Å². The van der Waals surface area contributed by atoms with Gasteiger partial charge in [0.05, 0.1) is 36.5 Å². The highest BCUT2D eigenvalue weighted by Crippen LogP contribution is 2.29. The van der Waals surface area contributed by atoms with Crippen LogP contribution in [0.15, 0.2) is 0 Å². The van der Waals surface area contributed by atoms with Crippen LogP contribution in [-0.4, -0.2) is 56.2 Å². The molecule has 0 amide bonds. The van der Waals surface area contributed by atoms with E-state index < -0.39 is 42.3 Å². The molecule has 0 aliphatic rings. The summed E-state index contributed by atoms with van der Waals surface area (Å²) in [4.78, 5) is 104. The minimum absolute atomic E-state index is 0.00304. The van der Waals surface area contributed by atoms with Gasteiger partial charge in [-0.25, -0.2) is 43.7 Å². The summed E-state index contributed by atoms with van der Waals surface area (Å²) >= 11 is 0. The molecule has 326 valence electrons. The summed E-state index contributed by atoms with van der Waals surface area (Å²) in [6.07, 6.45) is -3.97. The van der Waals surface area contributed by atoms with Crippen LogP contribution in [-0.2, 0) is 43.5 Å². The van der Waals surface area contributed by atoms with E-state index in [1.54, 1.807) is 41.5 Å². The number of ether oxygens (including phenoxy) is 3. The van der Waals surface area contributed by atoms with Crippen molar-refractivity contribution in [2.75, 3.05) is 19.8 Å². The van der Waals surface area contributed by atoms with Crippen molar-refractivity contribution in [2.45, 2.75) is 117 Å². The molecular weight excluding hydrogens is 780 g/mol. The molecule has 0 bridgehead atoms. The van der Waals surface area contributed by atoms with Crippen LogP contribution in [0.5, 0.6) is 0 Å².